The van der Waals surface area contributed by atoms with Crippen LogP contribution in [0.2, 0.25) is 0 Å². The third-order valence-electron chi connectivity index (χ3n) is 2.78. The highest BCUT2D eigenvalue weighted by Crippen LogP contribution is 2.28. The molecule has 0 bridgehead atoms. The Morgan fingerprint density at radius 2 is 2.17 bits per heavy atom. The van der Waals surface area contributed by atoms with Gasteiger partial charge in [-0.05, 0) is 11.6 Å². The minimum absolute atomic E-state index is 0. The predicted molar refractivity (Wildman–Crippen MR) is 90.1 cm³/mol. The van der Waals surface area contributed by atoms with E-state index in [0.29, 0.717) is 11.3 Å². The maximum Gasteiger partial charge on any atom is 0.311 e. The molecule has 1 rings (SSSR count). The molecule has 0 heterocycles. The van der Waals surface area contributed by atoms with Gasteiger partial charge in [0.2, 0.25) is 5.91 Å². The van der Waals surface area contributed by atoms with Gasteiger partial charge in [-0.1, -0.05) is 6.07 Å². The van der Waals surface area contributed by atoms with E-state index in [1.807, 2.05) is 0 Å². The molecule has 0 aromatic heterocycles. The van der Waals surface area contributed by atoms with Gasteiger partial charge < -0.3 is 15.8 Å². The van der Waals surface area contributed by atoms with Crippen LogP contribution in [-0.2, 0) is 10.5 Å². The third-order valence-corrected chi connectivity index (χ3v) is 3.79. The predicted octanol–water partition coefficient (Wildman–Crippen LogP) is 1.97. The summed E-state index contributed by atoms with van der Waals surface area (Å²) < 4.78 is 30.6. The number of nitrogens with two attached hydrogens (primary N) is 1. The van der Waals surface area contributed by atoms with Crippen molar-refractivity contribution in [2.45, 2.75) is 11.7 Å². The van der Waals surface area contributed by atoms with Gasteiger partial charge >= 0.3 is 5.69 Å². The molecule has 0 aliphatic carbocycles. The van der Waals surface area contributed by atoms with Crippen molar-refractivity contribution in [1.82, 2.24) is 5.32 Å². The van der Waals surface area contributed by atoms with Gasteiger partial charge in [-0.2, -0.15) is 0 Å². The van der Waals surface area contributed by atoms with Crippen LogP contribution in [0.1, 0.15) is 5.56 Å². The van der Waals surface area contributed by atoms with Crippen LogP contribution < -0.4 is 15.8 Å². The number of benzene rings is 1. The zero-order valence-corrected chi connectivity index (χ0v) is 14.4. The first-order chi connectivity index (χ1) is 10.8. The fourth-order valence-corrected chi connectivity index (χ4v) is 2.39. The van der Waals surface area contributed by atoms with Crippen LogP contribution in [0, 0.1) is 10.1 Å². The van der Waals surface area contributed by atoms with E-state index in [2.05, 4.69) is 5.32 Å². The van der Waals surface area contributed by atoms with E-state index in [1.165, 1.54) is 19.2 Å². The van der Waals surface area contributed by atoms with Crippen LogP contribution >= 0.6 is 24.2 Å². The Kier molecular flexibility index (Phi) is 9.56. The number of hydrogen-bond acceptors (Lipinski definition) is 6. The fraction of sp³-hybridized carbons (Fsp3) is 0.462. The molecular formula is C13H18ClF2N3O4S. The Balaban J connectivity index is 0.00000529. The first kappa shape index (κ1) is 22.4. The fourth-order valence-electron chi connectivity index (χ4n) is 1.58. The molecule has 0 saturated heterocycles. The number of ether oxygens (including phenoxy) is 1. The number of hydrogen-bond donors (Lipinski definition) is 2. The highest BCUT2D eigenvalue weighted by atomic mass is 35.5. The van der Waals surface area contributed by atoms with E-state index in [1.54, 1.807) is 6.07 Å². The SMILES string of the molecule is COc1ccc(CSCC(=O)NCC(F)(F)CN)cc1[N+](=O)[O-].Cl. The molecule has 7 nitrogen and oxygen atoms in total. The summed E-state index contributed by atoms with van der Waals surface area (Å²) in [6.07, 6.45) is 0. The number of rotatable bonds is 9. The van der Waals surface area contributed by atoms with Crippen molar-refractivity contribution in [3.63, 3.8) is 0 Å². The largest absolute Gasteiger partial charge is 0.490 e. The molecule has 0 aliphatic heterocycles. The van der Waals surface area contributed by atoms with Crippen molar-refractivity contribution in [1.29, 1.82) is 0 Å². The Bertz CT molecular complexity index is 578. The molecule has 3 N–H and O–H groups in total. The molecule has 1 aromatic carbocycles. The number of amides is 1. The lowest BCUT2D eigenvalue weighted by molar-refractivity contribution is -0.385. The number of methoxy groups -OCH3 is 1. The van der Waals surface area contributed by atoms with Gasteiger partial charge in [0.15, 0.2) is 5.75 Å². The van der Waals surface area contributed by atoms with E-state index >= 15 is 0 Å². The summed E-state index contributed by atoms with van der Waals surface area (Å²) in [4.78, 5) is 21.8. The quantitative estimate of drug-likeness (QED) is 0.497. The van der Waals surface area contributed by atoms with Crippen molar-refractivity contribution in [3.05, 3.63) is 33.9 Å². The normalized spacial score (nSPS) is 10.7. The zero-order chi connectivity index (χ0) is 17.5. The van der Waals surface area contributed by atoms with Gasteiger partial charge in [0.05, 0.1) is 30.9 Å². The van der Waals surface area contributed by atoms with E-state index in [9.17, 15) is 23.7 Å². The lowest BCUT2D eigenvalue weighted by Gasteiger charge is -2.14. The highest BCUT2D eigenvalue weighted by Gasteiger charge is 2.27. The number of nitro benzene ring substituents is 1. The second-order valence-electron chi connectivity index (χ2n) is 4.59. The van der Waals surface area contributed by atoms with E-state index < -0.39 is 29.8 Å². The first-order valence-corrected chi connectivity index (χ1v) is 7.68. The Morgan fingerprint density at radius 3 is 2.71 bits per heavy atom. The van der Waals surface area contributed by atoms with Crippen molar-refractivity contribution in [2.75, 3.05) is 26.0 Å². The number of nitro groups is 1. The number of carbonyl (C=O) groups is 1. The summed E-state index contributed by atoms with van der Waals surface area (Å²) in [5, 5.41) is 13.0. The molecule has 24 heavy (non-hydrogen) atoms. The van der Waals surface area contributed by atoms with Gasteiger partial charge in [0.25, 0.3) is 5.92 Å². The summed E-state index contributed by atoms with van der Waals surface area (Å²) >= 11 is 1.15. The number of nitrogens with zero attached hydrogens (tertiary/aromatic N) is 1. The van der Waals surface area contributed by atoms with E-state index in [4.69, 9.17) is 10.5 Å². The van der Waals surface area contributed by atoms with E-state index in [-0.39, 0.29) is 29.6 Å². The molecule has 136 valence electrons. The van der Waals surface area contributed by atoms with Gasteiger partial charge in [0.1, 0.15) is 0 Å². The summed E-state index contributed by atoms with van der Waals surface area (Å²) in [6, 6.07) is 4.46. The summed E-state index contributed by atoms with van der Waals surface area (Å²) in [7, 11) is 1.33. The molecule has 11 heteroatoms. The van der Waals surface area contributed by atoms with Crippen LogP contribution in [-0.4, -0.2) is 42.7 Å². The lowest BCUT2D eigenvalue weighted by atomic mass is 10.2. The summed E-state index contributed by atoms with van der Waals surface area (Å²) in [5.41, 5.74) is 5.32. The average Bonchev–Trinajstić information content (AvgIpc) is 2.53. The van der Waals surface area contributed by atoms with Gasteiger partial charge in [-0.15, -0.1) is 24.2 Å². The minimum Gasteiger partial charge on any atom is -0.490 e. The monoisotopic (exact) mass is 385 g/mol. The number of nitrogens with one attached hydrogen (secondary N) is 1. The minimum atomic E-state index is -3.13. The molecule has 1 amide bonds. The molecule has 0 radical (unpaired) electrons. The Morgan fingerprint density at radius 1 is 1.50 bits per heavy atom. The number of halogens is 3. The number of alkyl halides is 2. The summed E-state index contributed by atoms with van der Waals surface area (Å²) in [5.74, 6) is -3.25. The third kappa shape index (κ3) is 7.28. The molecule has 0 unspecified atom stereocenters. The molecular weight excluding hydrogens is 368 g/mol. The zero-order valence-electron chi connectivity index (χ0n) is 12.8. The topological polar surface area (TPSA) is 107 Å². The van der Waals surface area contributed by atoms with Crippen LogP contribution in [0.3, 0.4) is 0 Å². The molecule has 0 spiro atoms. The van der Waals surface area contributed by atoms with Gasteiger partial charge in [-0.3, -0.25) is 14.9 Å². The van der Waals surface area contributed by atoms with Crippen molar-refractivity contribution < 1.29 is 23.2 Å². The van der Waals surface area contributed by atoms with Gasteiger partial charge in [0, 0.05) is 11.8 Å². The van der Waals surface area contributed by atoms with E-state index in [0.717, 1.165) is 11.8 Å². The van der Waals surface area contributed by atoms with Crippen LogP contribution in [0.5, 0.6) is 5.75 Å². The second kappa shape index (κ2) is 10.3. The first-order valence-electron chi connectivity index (χ1n) is 6.52. The maximum absolute atomic E-state index is 12.9. The maximum atomic E-state index is 12.9. The smallest absolute Gasteiger partial charge is 0.311 e. The van der Waals surface area contributed by atoms with Crippen molar-refractivity contribution in [3.8, 4) is 5.75 Å². The number of carbonyl (C=O) groups excluding carboxylic acids is 1. The van der Waals surface area contributed by atoms with Crippen molar-refractivity contribution in [2.24, 2.45) is 5.73 Å². The second-order valence-corrected chi connectivity index (χ2v) is 5.58. The van der Waals surface area contributed by atoms with Crippen LogP contribution in [0.15, 0.2) is 18.2 Å². The van der Waals surface area contributed by atoms with Crippen molar-refractivity contribution >= 4 is 35.8 Å². The Hall–Kier alpha value is -1.65. The molecule has 0 aliphatic rings. The standard InChI is InChI=1S/C13H17F2N3O4S.ClH/c1-22-11-3-2-9(4-10(11)18(20)21)5-23-6-12(19)17-8-13(14,15)7-16;/h2-4H,5-8,16H2,1H3,(H,17,19);1H. The summed E-state index contributed by atoms with van der Waals surface area (Å²) in [6.45, 7) is -1.65. The lowest BCUT2D eigenvalue weighted by Crippen LogP contribution is -2.42. The average molecular weight is 386 g/mol. The molecule has 0 atom stereocenters. The molecule has 1 aromatic rings. The van der Waals surface area contributed by atoms with Crippen LogP contribution in [0.25, 0.3) is 0 Å². The van der Waals surface area contributed by atoms with Crippen LogP contribution in [0.4, 0.5) is 14.5 Å². The number of thioether (sulfide) groups is 1. The Labute approximate surface area is 147 Å². The molecule has 0 saturated carbocycles. The molecule has 0 fully saturated rings. The highest BCUT2D eigenvalue weighted by molar-refractivity contribution is 7.99. The van der Waals surface area contributed by atoms with Gasteiger partial charge in [-0.25, -0.2) is 8.78 Å².